The highest BCUT2D eigenvalue weighted by Crippen LogP contribution is 2.29. The minimum atomic E-state index is -0.177. The Bertz CT molecular complexity index is 717. The molecule has 4 rings (SSSR count). The lowest BCUT2D eigenvalue weighted by atomic mass is 9.89. The van der Waals surface area contributed by atoms with Crippen LogP contribution in [0.5, 0.6) is 0 Å². The fourth-order valence-corrected chi connectivity index (χ4v) is 4.57. The Hall–Kier alpha value is -1.63. The van der Waals surface area contributed by atoms with Crippen LogP contribution in [0, 0.1) is 0 Å². The van der Waals surface area contributed by atoms with Gasteiger partial charge in [-0.15, -0.1) is 0 Å². The number of benzene rings is 1. The molecule has 1 aliphatic carbocycles. The van der Waals surface area contributed by atoms with Gasteiger partial charge in [-0.3, -0.25) is 9.59 Å². The maximum absolute atomic E-state index is 12.4. The van der Waals surface area contributed by atoms with Crippen molar-refractivity contribution in [1.29, 1.82) is 0 Å². The summed E-state index contributed by atoms with van der Waals surface area (Å²) in [7, 11) is 0. The molecule has 3 fully saturated rings. The van der Waals surface area contributed by atoms with Gasteiger partial charge in [0, 0.05) is 48.8 Å². The second kappa shape index (κ2) is 8.80. The van der Waals surface area contributed by atoms with Crippen LogP contribution in [0.25, 0.3) is 0 Å². The third kappa shape index (κ3) is 4.50. The number of hydrogen-bond donors (Lipinski definition) is 1. The van der Waals surface area contributed by atoms with Crippen molar-refractivity contribution in [2.24, 2.45) is 0 Å². The van der Waals surface area contributed by atoms with Gasteiger partial charge in [0.15, 0.2) is 0 Å². The third-order valence-corrected chi connectivity index (χ3v) is 6.51. The maximum Gasteiger partial charge on any atom is 0.251 e. The lowest BCUT2D eigenvalue weighted by Gasteiger charge is -2.45. The molecule has 3 aliphatic rings. The van der Waals surface area contributed by atoms with Crippen LogP contribution in [0.4, 0.5) is 0 Å². The number of likely N-dealkylation sites (tertiary alicyclic amines) is 1. The number of halogens is 1. The Morgan fingerprint density at radius 3 is 2.64 bits per heavy atom. The molecule has 152 valence electrons. The molecule has 1 atom stereocenters. The van der Waals surface area contributed by atoms with Gasteiger partial charge < -0.3 is 19.9 Å². The number of ether oxygens (including phenoxy) is 1. The van der Waals surface area contributed by atoms with Crippen molar-refractivity contribution in [3.63, 3.8) is 0 Å². The van der Waals surface area contributed by atoms with E-state index in [1.54, 1.807) is 24.3 Å². The lowest BCUT2D eigenvalue weighted by molar-refractivity contribution is -0.153. The van der Waals surface area contributed by atoms with Gasteiger partial charge in [-0.2, -0.15) is 0 Å². The van der Waals surface area contributed by atoms with Crippen LogP contribution >= 0.6 is 11.6 Å². The number of hydrogen-bond acceptors (Lipinski definition) is 4. The fraction of sp³-hybridized carbons (Fsp3) is 0.619. The molecule has 2 saturated heterocycles. The van der Waals surface area contributed by atoms with Gasteiger partial charge in [0.2, 0.25) is 5.91 Å². The highest BCUT2D eigenvalue weighted by molar-refractivity contribution is 6.30. The monoisotopic (exact) mass is 405 g/mol. The Morgan fingerprint density at radius 2 is 1.96 bits per heavy atom. The topological polar surface area (TPSA) is 61.9 Å². The number of rotatable bonds is 5. The van der Waals surface area contributed by atoms with Gasteiger partial charge in [-0.05, 0) is 43.9 Å². The van der Waals surface area contributed by atoms with Crippen LogP contribution in [0.1, 0.15) is 42.5 Å². The van der Waals surface area contributed by atoms with E-state index in [-0.39, 0.29) is 24.5 Å². The van der Waals surface area contributed by atoms with Gasteiger partial charge in [0.05, 0.1) is 6.10 Å². The number of amides is 2. The molecule has 2 heterocycles. The molecule has 0 spiro atoms. The molecule has 1 aromatic rings. The average Bonchev–Trinajstić information content (AvgIpc) is 2.66. The normalized spacial score (nSPS) is 24.8. The first-order valence-electron chi connectivity index (χ1n) is 10.3. The van der Waals surface area contributed by atoms with E-state index in [1.165, 1.54) is 19.3 Å². The number of nitrogens with zero attached hydrogens (tertiary/aromatic N) is 2. The average molecular weight is 406 g/mol. The van der Waals surface area contributed by atoms with Crippen LogP contribution in [-0.4, -0.2) is 72.6 Å². The summed E-state index contributed by atoms with van der Waals surface area (Å²) in [6.07, 6.45) is 5.90. The van der Waals surface area contributed by atoms with Crippen LogP contribution < -0.4 is 5.32 Å². The summed E-state index contributed by atoms with van der Waals surface area (Å²) >= 11 is 5.95. The van der Waals surface area contributed by atoms with E-state index in [0.29, 0.717) is 29.7 Å². The predicted octanol–water partition coefficient (Wildman–Crippen LogP) is 2.31. The van der Waals surface area contributed by atoms with E-state index < -0.39 is 0 Å². The quantitative estimate of drug-likeness (QED) is 0.816. The van der Waals surface area contributed by atoms with E-state index in [0.717, 1.165) is 32.0 Å². The number of nitrogens with one attached hydrogen (secondary N) is 1. The molecule has 0 radical (unpaired) electrons. The van der Waals surface area contributed by atoms with Crippen LogP contribution in [0.15, 0.2) is 24.3 Å². The second-order valence-electron chi connectivity index (χ2n) is 8.05. The van der Waals surface area contributed by atoms with E-state index in [9.17, 15) is 9.59 Å². The number of morpholine rings is 1. The van der Waals surface area contributed by atoms with Crippen molar-refractivity contribution in [2.75, 3.05) is 32.8 Å². The zero-order chi connectivity index (χ0) is 19.5. The first-order valence-corrected chi connectivity index (χ1v) is 10.7. The molecule has 0 bridgehead atoms. The van der Waals surface area contributed by atoms with Crippen molar-refractivity contribution in [3.05, 3.63) is 34.9 Å². The Morgan fingerprint density at radius 1 is 1.18 bits per heavy atom. The molecule has 7 heteroatoms. The van der Waals surface area contributed by atoms with Crippen molar-refractivity contribution in [1.82, 2.24) is 15.1 Å². The highest BCUT2D eigenvalue weighted by atomic mass is 35.5. The van der Waals surface area contributed by atoms with E-state index in [1.807, 2.05) is 4.90 Å². The molecular formula is C21H28ClN3O3. The molecule has 2 amide bonds. The van der Waals surface area contributed by atoms with Crippen LogP contribution in [0.3, 0.4) is 0 Å². The summed E-state index contributed by atoms with van der Waals surface area (Å²) in [5.41, 5.74) is 0.527. The van der Waals surface area contributed by atoms with Gasteiger partial charge in [0.25, 0.3) is 5.91 Å². The standard InChI is InChI=1S/C21H28ClN3O3/c22-16-4-1-3-15(11-16)21(27)23-12-19-13-25(20(26)14-28-19)18-7-9-24(10-8-18)17-5-2-6-17/h1,3-4,11,17-19H,2,5-10,12-14H2,(H,23,27). The summed E-state index contributed by atoms with van der Waals surface area (Å²) in [6, 6.07) is 7.93. The van der Waals surface area contributed by atoms with Crippen molar-refractivity contribution in [3.8, 4) is 0 Å². The summed E-state index contributed by atoms with van der Waals surface area (Å²) in [6.45, 7) is 3.19. The highest BCUT2D eigenvalue weighted by Gasteiger charge is 2.35. The van der Waals surface area contributed by atoms with Gasteiger partial charge in [-0.25, -0.2) is 0 Å². The Kier molecular flexibility index (Phi) is 6.19. The second-order valence-corrected chi connectivity index (χ2v) is 8.49. The first kappa shape index (κ1) is 19.7. The smallest absolute Gasteiger partial charge is 0.251 e. The SMILES string of the molecule is O=C(NCC1CN(C2CCN(C3CCC3)CC2)C(=O)CO1)c1cccc(Cl)c1. The van der Waals surface area contributed by atoms with Gasteiger partial charge >= 0.3 is 0 Å². The summed E-state index contributed by atoms with van der Waals surface area (Å²) < 4.78 is 5.66. The summed E-state index contributed by atoms with van der Waals surface area (Å²) in [5.74, 6) is -0.108. The Labute approximate surface area is 171 Å². The van der Waals surface area contributed by atoms with Crippen LogP contribution in [0.2, 0.25) is 5.02 Å². The minimum absolute atomic E-state index is 0.0690. The summed E-state index contributed by atoms with van der Waals surface area (Å²) in [4.78, 5) is 29.3. The summed E-state index contributed by atoms with van der Waals surface area (Å²) in [5, 5.41) is 3.44. The number of carbonyl (C=O) groups is 2. The predicted molar refractivity (Wildman–Crippen MR) is 107 cm³/mol. The zero-order valence-corrected chi connectivity index (χ0v) is 16.9. The first-order chi connectivity index (χ1) is 13.6. The third-order valence-electron chi connectivity index (χ3n) is 6.27. The van der Waals surface area contributed by atoms with Gasteiger partial charge in [0.1, 0.15) is 6.61 Å². The lowest BCUT2D eigenvalue weighted by Crippen LogP contribution is -2.57. The van der Waals surface area contributed by atoms with E-state index >= 15 is 0 Å². The molecular weight excluding hydrogens is 378 g/mol. The number of piperidine rings is 1. The van der Waals surface area contributed by atoms with Gasteiger partial charge in [-0.1, -0.05) is 24.1 Å². The fourth-order valence-electron chi connectivity index (χ4n) is 4.37. The van der Waals surface area contributed by atoms with Crippen molar-refractivity contribution < 1.29 is 14.3 Å². The molecule has 28 heavy (non-hydrogen) atoms. The maximum atomic E-state index is 12.4. The van der Waals surface area contributed by atoms with E-state index in [4.69, 9.17) is 16.3 Å². The molecule has 1 saturated carbocycles. The molecule has 1 N–H and O–H groups in total. The molecule has 1 aromatic carbocycles. The molecule has 1 unspecified atom stereocenters. The Balaban J connectivity index is 1.27. The molecule has 2 aliphatic heterocycles. The molecule has 0 aromatic heterocycles. The molecule has 6 nitrogen and oxygen atoms in total. The zero-order valence-electron chi connectivity index (χ0n) is 16.1. The number of carbonyl (C=O) groups excluding carboxylic acids is 2. The van der Waals surface area contributed by atoms with E-state index in [2.05, 4.69) is 10.2 Å². The van der Waals surface area contributed by atoms with Crippen LogP contribution in [-0.2, 0) is 9.53 Å². The minimum Gasteiger partial charge on any atom is -0.365 e. The van der Waals surface area contributed by atoms with Crippen molar-refractivity contribution >= 4 is 23.4 Å². The largest absolute Gasteiger partial charge is 0.365 e. The van der Waals surface area contributed by atoms with Crippen molar-refractivity contribution in [2.45, 2.75) is 50.3 Å².